The second kappa shape index (κ2) is 3.76. The van der Waals surface area contributed by atoms with Gasteiger partial charge in [-0.1, -0.05) is 6.07 Å². The Morgan fingerprint density at radius 1 is 1.46 bits per heavy atom. The Balaban J connectivity index is 2.96. The summed E-state index contributed by atoms with van der Waals surface area (Å²) in [5.41, 5.74) is 13.2. The van der Waals surface area contributed by atoms with E-state index in [0.717, 1.165) is 11.1 Å². The Morgan fingerprint density at radius 3 is 2.69 bits per heavy atom. The number of hydrogen-bond donors (Lipinski definition) is 2. The van der Waals surface area contributed by atoms with Crippen molar-refractivity contribution in [1.29, 1.82) is 0 Å². The van der Waals surface area contributed by atoms with Crippen molar-refractivity contribution in [2.45, 2.75) is 6.92 Å². The van der Waals surface area contributed by atoms with Gasteiger partial charge in [-0.2, -0.15) is 0 Å². The van der Waals surface area contributed by atoms with Crippen molar-refractivity contribution in [2.24, 2.45) is 5.73 Å². The van der Waals surface area contributed by atoms with Gasteiger partial charge < -0.3 is 11.5 Å². The van der Waals surface area contributed by atoms with Crippen LogP contribution in [0, 0.1) is 6.92 Å². The normalized spacial score (nSPS) is 10.5. The molecule has 0 unspecified atom stereocenters. The number of nitrogen functional groups attached to an aromatic ring is 1. The lowest BCUT2D eigenvalue weighted by Crippen LogP contribution is -2.05. The van der Waals surface area contributed by atoms with Crippen LogP contribution in [0.2, 0.25) is 0 Å². The van der Waals surface area contributed by atoms with E-state index in [-0.39, 0.29) is 0 Å². The standard InChI is InChI=1S/C10H12N2O/c1-7-6-9(11)4-2-8(7)3-5-10(12)13/h2-6H,11H2,1H3,(H2,12,13). The molecule has 0 saturated carbocycles. The molecule has 0 spiro atoms. The highest BCUT2D eigenvalue weighted by Crippen LogP contribution is 2.13. The highest BCUT2D eigenvalue weighted by atomic mass is 16.1. The second-order valence-corrected chi connectivity index (χ2v) is 2.85. The zero-order valence-corrected chi connectivity index (χ0v) is 7.45. The quantitative estimate of drug-likeness (QED) is 0.523. The molecular weight excluding hydrogens is 164 g/mol. The fraction of sp³-hybridized carbons (Fsp3) is 0.100. The van der Waals surface area contributed by atoms with E-state index in [2.05, 4.69) is 0 Å². The summed E-state index contributed by atoms with van der Waals surface area (Å²) >= 11 is 0. The Labute approximate surface area is 77.0 Å². The molecule has 3 nitrogen and oxygen atoms in total. The van der Waals surface area contributed by atoms with Gasteiger partial charge in [-0.05, 0) is 36.3 Å². The number of amides is 1. The summed E-state index contributed by atoms with van der Waals surface area (Å²) in [6, 6.07) is 5.48. The van der Waals surface area contributed by atoms with Crippen LogP contribution < -0.4 is 11.5 Å². The first kappa shape index (κ1) is 9.32. The van der Waals surface area contributed by atoms with Gasteiger partial charge >= 0.3 is 0 Å². The largest absolute Gasteiger partial charge is 0.399 e. The van der Waals surface area contributed by atoms with Crippen LogP contribution in [-0.2, 0) is 4.79 Å². The van der Waals surface area contributed by atoms with Gasteiger partial charge in [0.05, 0.1) is 0 Å². The topological polar surface area (TPSA) is 69.1 Å². The van der Waals surface area contributed by atoms with E-state index in [0.29, 0.717) is 5.69 Å². The number of aryl methyl sites for hydroxylation is 1. The number of anilines is 1. The molecule has 68 valence electrons. The number of carbonyl (C=O) groups is 1. The number of benzene rings is 1. The van der Waals surface area contributed by atoms with Crippen LogP contribution in [0.5, 0.6) is 0 Å². The molecular formula is C10H12N2O. The lowest BCUT2D eigenvalue weighted by atomic mass is 10.1. The van der Waals surface area contributed by atoms with Crippen LogP contribution in [0.1, 0.15) is 11.1 Å². The van der Waals surface area contributed by atoms with Crippen molar-refractivity contribution in [3.8, 4) is 0 Å². The van der Waals surface area contributed by atoms with E-state index < -0.39 is 5.91 Å². The molecule has 4 N–H and O–H groups in total. The maximum absolute atomic E-state index is 10.5. The van der Waals surface area contributed by atoms with Gasteiger partial charge in [0.25, 0.3) is 0 Å². The molecule has 0 aliphatic rings. The van der Waals surface area contributed by atoms with Gasteiger partial charge in [-0.15, -0.1) is 0 Å². The Morgan fingerprint density at radius 2 is 2.15 bits per heavy atom. The van der Waals surface area contributed by atoms with E-state index >= 15 is 0 Å². The van der Waals surface area contributed by atoms with Gasteiger partial charge in [-0.3, -0.25) is 4.79 Å². The average molecular weight is 176 g/mol. The first-order valence-electron chi connectivity index (χ1n) is 3.93. The first-order chi connectivity index (χ1) is 6.09. The second-order valence-electron chi connectivity index (χ2n) is 2.85. The third-order valence-corrected chi connectivity index (χ3v) is 1.72. The summed E-state index contributed by atoms with van der Waals surface area (Å²) in [6.45, 7) is 1.93. The van der Waals surface area contributed by atoms with Crippen LogP contribution in [0.25, 0.3) is 6.08 Å². The highest BCUT2D eigenvalue weighted by molar-refractivity contribution is 5.90. The number of hydrogen-bond acceptors (Lipinski definition) is 2. The molecule has 13 heavy (non-hydrogen) atoms. The average Bonchev–Trinajstić information content (AvgIpc) is 2.02. The third-order valence-electron chi connectivity index (χ3n) is 1.72. The van der Waals surface area contributed by atoms with Gasteiger partial charge in [-0.25, -0.2) is 0 Å². The lowest BCUT2D eigenvalue weighted by molar-refractivity contribution is -0.113. The fourth-order valence-corrected chi connectivity index (χ4v) is 1.06. The molecule has 0 aliphatic heterocycles. The smallest absolute Gasteiger partial charge is 0.241 e. The predicted molar refractivity (Wildman–Crippen MR) is 53.8 cm³/mol. The molecule has 3 heteroatoms. The van der Waals surface area contributed by atoms with Crippen LogP contribution in [-0.4, -0.2) is 5.91 Å². The summed E-state index contributed by atoms with van der Waals surface area (Å²) < 4.78 is 0. The summed E-state index contributed by atoms with van der Waals surface area (Å²) in [4.78, 5) is 10.5. The van der Waals surface area contributed by atoms with Crippen molar-refractivity contribution in [1.82, 2.24) is 0 Å². The maximum atomic E-state index is 10.5. The van der Waals surface area contributed by atoms with E-state index in [9.17, 15) is 4.79 Å². The summed E-state index contributed by atoms with van der Waals surface area (Å²) in [5.74, 6) is -0.448. The molecule has 1 rings (SSSR count). The molecule has 1 aromatic carbocycles. The Bertz CT molecular complexity index is 356. The Kier molecular flexibility index (Phi) is 2.69. The van der Waals surface area contributed by atoms with E-state index in [1.54, 1.807) is 12.1 Å². The summed E-state index contributed by atoms with van der Waals surface area (Å²) in [7, 11) is 0. The third kappa shape index (κ3) is 2.63. The molecule has 0 heterocycles. The fourth-order valence-electron chi connectivity index (χ4n) is 1.06. The Hall–Kier alpha value is -1.77. The number of primary amides is 1. The monoisotopic (exact) mass is 176 g/mol. The molecule has 1 aromatic rings. The SMILES string of the molecule is Cc1cc(N)ccc1C=CC(N)=O. The van der Waals surface area contributed by atoms with Crippen LogP contribution in [0.15, 0.2) is 24.3 Å². The van der Waals surface area contributed by atoms with Crippen molar-refractivity contribution >= 4 is 17.7 Å². The van der Waals surface area contributed by atoms with Crippen molar-refractivity contribution in [3.05, 3.63) is 35.4 Å². The van der Waals surface area contributed by atoms with Gasteiger partial charge in [0.2, 0.25) is 5.91 Å². The van der Waals surface area contributed by atoms with Gasteiger partial charge in [0.15, 0.2) is 0 Å². The maximum Gasteiger partial charge on any atom is 0.241 e. The van der Waals surface area contributed by atoms with Crippen molar-refractivity contribution in [3.63, 3.8) is 0 Å². The molecule has 0 saturated heterocycles. The molecule has 0 bridgehead atoms. The molecule has 0 fully saturated rings. The zero-order chi connectivity index (χ0) is 9.84. The molecule has 0 atom stereocenters. The lowest BCUT2D eigenvalue weighted by Gasteiger charge is -2.00. The molecule has 0 radical (unpaired) electrons. The predicted octanol–water partition coefficient (Wildman–Crippen LogP) is 1.08. The van der Waals surface area contributed by atoms with Gasteiger partial charge in [0.1, 0.15) is 0 Å². The van der Waals surface area contributed by atoms with Crippen molar-refractivity contribution in [2.75, 3.05) is 5.73 Å². The van der Waals surface area contributed by atoms with E-state index in [1.165, 1.54) is 6.08 Å². The van der Waals surface area contributed by atoms with E-state index in [1.807, 2.05) is 19.1 Å². The van der Waals surface area contributed by atoms with Crippen LogP contribution in [0.3, 0.4) is 0 Å². The van der Waals surface area contributed by atoms with E-state index in [4.69, 9.17) is 11.5 Å². The van der Waals surface area contributed by atoms with Crippen LogP contribution in [0.4, 0.5) is 5.69 Å². The minimum absolute atomic E-state index is 0.448. The molecule has 1 amide bonds. The zero-order valence-electron chi connectivity index (χ0n) is 7.45. The molecule has 0 aromatic heterocycles. The minimum Gasteiger partial charge on any atom is -0.399 e. The van der Waals surface area contributed by atoms with Crippen molar-refractivity contribution < 1.29 is 4.79 Å². The minimum atomic E-state index is -0.448. The number of nitrogens with two attached hydrogens (primary N) is 2. The number of rotatable bonds is 2. The first-order valence-corrected chi connectivity index (χ1v) is 3.93. The number of carbonyl (C=O) groups excluding carboxylic acids is 1. The summed E-state index contributed by atoms with van der Waals surface area (Å²) in [6.07, 6.45) is 3.01. The highest BCUT2D eigenvalue weighted by Gasteiger charge is 1.94. The van der Waals surface area contributed by atoms with Crippen LogP contribution >= 0.6 is 0 Å². The summed E-state index contributed by atoms with van der Waals surface area (Å²) in [5, 5.41) is 0. The molecule has 0 aliphatic carbocycles. The van der Waals surface area contributed by atoms with Gasteiger partial charge in [0, 0.05) is 11.8 Å².